The minimum atomic E-state index is -0.816. The van der Waals surface area contributed by atoms with Gasteiger partial charge in [0.15, 0.2) is 0 Å². The van der Waals surface area contributed by atoms with E-state index in [1.54, 1.807) is 11.0 Å². The highest BCUT2D eigenvalue weighted by Gasteiger charge is 2.31. The zero-order valence-electron chi connectivity index (χ0n) is 26.0. The van der Waals surface area contributed by atoms with Crippen LogP contribution in [0.3, 0.4) is 0 Å². The molecule has 0 radical (unpaired) electrons. The minimum absolute atomic E-state index is 0.183. The monoisotopic (exact) mass is 582 g/mol. The normalized spacial score (nSPS) is 12.7. The van der Waals surface area contributed by atoms with Gasteiger partial charge in [0, 0.05) is 49.0 Å². The molecule has 0 aliphatic heterocycles. The summed E-state index contributed by atoms with van der Waals surface area (Å²) in [7, 11) is 0. The number of hydrogen-bond acceptors (Lipinski definition) is 4. The first kappa shape index (κ1) is 32.0. The molecule has 4 N–H and O–H groups in total. The second kappa shape index (κ2) is 15.5. The van der Waals surface area contributed by atoms with Crippen molar-refractivity contribution in [3.63, 3.8) is 0 Å². The maximum Gasteiger partial charge on any atom is 0.254 e. The molecule has 43 heavy (non-hydrogen) atoms. The lowest BCUT2D eigenvalue weighted by Crippen LogP contribution is -2.51. The Morgan fingerprint density at radius 3 is 2.47 bits per heavy atom. The van der Waals surface area contributed by atoms with E-state index >= 15 is 0 Å². The molecule has 0 spiro atoms. The summed E-state index contributed by atoms with van der Waals surface area (Å²) in [5.74, 6) is -0.369. The summed E-state index contributed by atoms with van der Waals surface area (Å²) >= 11 is 0. The summed E-state index contributed by atoms with van der Waals surface area (Å²) in [6.07, 6.45) is 4.13. The summed E-state index contributed by atoms with van der Waals surface area (Å²) in [5, 5.41) is 19.1. The van der Waals surface area contributed by atoms with Crippen molar-refractivity contribution in [1.82, 2.24) is 20.5 Å². The number of nitrogens with zero attached hydrogens (tertiary/aromatic N) is 1. The largest absolute Gasteiger partial charge is 0.390 e. The van der Waals surface area contributed by atoms with Gasteiger partial charge in [-0.3, -0.25) is 9.59 Å². The van der Waals surface area contributed by atoms with Crippen LogP contribution in [0.4, 0.5) is 0 Å². The van der Waals surface area contributed by atoms with Gasteiger partial charge < -0.3 is 25.6 Å². The lowest BCUT2D eigenvalue weighted by Gasteiger charge is -2.35. The molecule has 228 valence electrons. The standard InChI is InChI=1S/C36H46N4O3/c1-5-14-39-35(42)30-17-25(4)18-31(22-30)36(43)40(16-6-2)33(21-27-11-12-32-29(20-27)13-15-38-32)34(41)24-37-23-28-10-8-9-26(7-3)19-28/h8-13,15,17-20,22,33-34,37-38,41H,5-7,14,16,21,23-24H2,1-4H3,(H,39,42)/t33-,34+/m0/s1. The highest BCUT2D eigenvalue weighted by molar-refractivity contribution is 6.00. The number of aromatic amines is 1. The molecule has 0 fully saturated rings. The number of H-pyrrole nitrogens is 1. The van der Waals surface area contributed by atoms with Crippen LogP contribution in [-0.4, -0.2) is 58.6 Å². The lowest BCUT2D eigenvalue weighted by molar-refractivity contribution is 0.0353. The van der Waals surface area contributed by atoms with E-state index < -0.39 is 12.1 Å². The summed E-state index contributed by atoms with van der Waals surface area (Å²) in [6, 6.07) is 21.5. The Bertz CT molecular complexity index is 1510. The number of aryl methyl sites for hydroxylation is 2. The van der Waals surface area contributed by atoms with Gasteiger partial charge in [0.1, 0.15) is 0 Å². The first-order valence-electron chi connectivity index (χ1n) is 15.6. The third kappa shape index (κ3) is 8.55. The Kier molecular flexibility index (Phi) is 11.5. The van der Waals surface area contributed by atoms with Gasteiger partial charge in [-0.1, -0.05) is 51.1 Å². The summed E-state index contributed by atoms with van der Waals surface area (Å²) in [5.41, 5.74) is 6.30. The average molecular weight is 583 g/mol. The molecule has 2 atom stereocenters. The number of benzene rings is 3. The molecule has 7 heteroatoms. The summed E-state index contributed by atoms with van der Waals surface area (Å²) < 4.78 is 0. The predicted molar refractivity (Wildman–Crippen MR) is 174 cm³/mol. The van der Waals surface area contributed by atoms with Gasteiger partial charge >= 0.3 is 0 Å². The number of amides is 2. The van der Waals surface area contributed by atoms with Crippen molar-refractivity contribution in [3.05, 3.63) is 106 Å². The van der Waals surface area contributed by atoms with Crippen molar-refractivity contribution >= 4 is 22.7 Å². The molecule has 1 aromatic heterocycles. The zero-order valence-corrected chi connectivity index (χ0v) is 26.0. The molecular formula is C36H46N4O3. The first-order chi connectivity index (χ1) is 20.8. The van der Waals surface area contributed by atoms with Crippen LogP contribution in [0.2, 0.25) is 0 Å². The van der Waals surface area contributed by atoms with Gasteiger partial charge in [-0.2, -0.15) is 0 Å². The molecule has 0 aliphatic rings. The van der Waals surface area contributed by atoms with Crippen LogP contribution in [0.1, 0.15) is 76.6 Å². The molecular weight excluding hydrogens is 536 g/mol. The summed E-state index contributed by atoms with van der Waals surface area (Å²) in [6.45, 7) is 10.1. The Morgan fingerprint density at radius 2 is 1.70 bits per heavy atom. The van der Waals surface area contributed by atoms with E-state index in [9.17, 15) is 14.7 Å². The van der Waals surface area contributed by atoms with Crippen LogP contribution < -0.4 is 10.6 Å². The van der Waals surface area contributed by atoms with Crippen LogP contribution in [0.15, 0.2) is 72.9 Å². The van der Waals surface area contributed by atoms with Crippen LogP contribution >= 0.6 is 0 Å². The Hall–Kier alpha value is -3.94. The van der Waals surface area contributed by atoms with Gasteiger partial charge in [0.2, 0.25) is 0 Å². The van der Waals surface area contributed by atoms with Crippen LogP contribution in [0, 0.1) is 6.92 Å². The van der Waals surface area contributed by atoms with E-state index in [4.69, 9.17) is 0 Å². The third-order valence-corrected chi connectivity index (χ3v) is 7.84. The second-order valence-corrected chi connectivity index (χ2v) is 11.4. The molecule has 0 aliphatic carbocycles. The summed E-state index contributed by atoms with van der Waals surface area (Å²) in [4.78, 5) is 32.0. The molecule has 0 bridgehead atoms. The second-order valence-electron chi connectivity index (χ2n) is 11.4. The number of carbonyl (C=O) groups excluding carboxylic acids is 2. The number of aromatic nitrogens is 1. The molecule has 0 unspecified atom stereocenters. The topological polar surface area (TPSA) is 97.5 Å². The molecule has 4 aromatic rings. The minimum Gasteiger partial charge on any atom is -0.390 e. The maximum atomic E-state index is 14.2. The molecule has 2 amide bonds. The molecule has 3 aromatic carbocycles. The number of nitrogens with one attached hydrogen (secondary N) is 3. The average Bonchev–Trinajstić information content (AvgIpc) is 3.49. The van der Waals surface area contributed by atoms with Crippen molar-refractivity contribution in [2.45, 2.75) is 72.1 Å². The number of aliphatic hydroxyl groups is 1. The quantitative estimate of drug-likeness (QED) is 0.143. The van der Waals surface area contributed by atoms with Crippen molar-refractivity contribution in [3.8, 4) is 0 Å². The molecule has 1 heterocycles. The predicted octanol–water partition coefficient (Wildman–Crippen LogP) is 5.79. The van der Waals surface area contributed by atoms with Crippen molar-refractivity contribution in [2.24, 2.45) is 0 Å². The number of aliphatic hydroxyl groups excluding tert-OH is 1. The van der Waals surface area contributed by atoms with Crippen molar-refractivity contribution < 1.29 is 14.7 Å². The number of carbonyl (C=O) groups is 2. The fraction of sp³-hybridized carbons (Fsp3) is 0.389. The fourth-order valence-corrected chi connectivity index (χ4v) is 5.59. The van der Waals surface area contributed by atoms with E-state index in [-0.39, 0.29) is 11.8 Å². The SMILES string of the molecule is CCCNC(=O)c1cc(C)cc(C(=O)N(CCC)[C@@H](Cc2ccc3[nH]ccc3c2)[C@H](O)CNCc2cccc(CC)c2)c1. The molecule has 7 nitrogen and oxygen atoms in total. The Balaban J connectivity index is 1.61. The maximum absolute atomic E-state index is 14.2. The smallest absolute Gasteiger partial charge is 0.254 e. The Labute approximate surface area is 255 Å². The van der Waals surface area contributed by atoms with Crippen LogP contribution in [-0.2, 0) is 19.4 Å². The number of fused-ring (bicyclic) bond motifs is 1. The van der Waals surface area contributed by atoms with Gasteiger partial charge in [0.05, 0.1) is 12.1 Å². The molecule has 0 saturated carbocycles. The number of rotatable bonds is 15. The lowest BCUT2D eigenvalue weighted by atomic mass is 9.96. The third-order valence-electron chi connectivity index (χ3n) is 7.84. The molecule has 4 rings (SSSR count). The highest BCUT2D eigenvalue weighted by atomic mass is 16.3. The fourth-order valence-electron chi connectivity index (χ4n) is 5.59. The van der Waals surface area contributed by atoms with Crippen LogP contribution in [0.5, 0.6) is 0 Å². The van der Waals surface area contributed by atoms with Gasteiger partial charge in [-0.25, -0.2) is 0 Å². The van der Waals surface area contributed by atoms with E-state index in [1.807, 2.05) is 51.2 Å². The van der Waals surface area contributed by atoms with Gasteiger partial charge in [-0.15, -0.1) is 0 Å². The first-order valence-corrected chi connectivity index (χ1v) is 15.6. The Morgan fingerprint density at radius 1 is 0.907 bits per heavy atom. The van der Waals surface area contributed by atoms with Crippen LogP contribution in [0.25, 0.3) is 10.9 Å². The van der Waals surface area contributed by atoms with E-state index in [0.29, 0.717) is 43.7 Å². The zero-order chi connectivity index (χ0) is 30.8. The van der Waals surface area contributed by atoms with Crippen molar-refractivity contribution in [1.29, 1.82) is 0 Å². The van der Waals surface area contributed by atoms with Gasteiger partial charge in [0.25, 0.3) is 11.8 Å². The molecule has 0 saturated heterocycles. The van der Waals surface area contributed by atoms with Gasteiger partial charge in [-0.05, 0) is 96.6 Å². The highest BCUT2D eigenvalue weighted by Crippen LogP contribution is 2.22. The number of hydrogen-bond donors (Lipinski definition) is 4. The van der Waals surface area contributed by atoms with E-state index in [0.717, 1.165) is 46.9 Å². The van der Waals surface area contributed by atoms with E-state index in [1.165, 1.54) is 5.56 Å². The van der Waals surface area contributed by atoms with E-state index in [2.05, 4.69) is 58.9 Å². The van der Waals surface area contributed by atoms with Crippen molar-refractivity contribution in [2.75, 3.05) is 19.6 Å².